The van der Waals surface area contributed by atoms with E-state index in [0.29, 0.717) is 4.83 Å². The molecule has 1 aromatic heterocycles. The quantitative estimate of drug-likeness (QED) is 0.740. The standard InChI is InChI=1S/C14H16BrNS/c15-11(8-10-4-3-5-10)9-14-16-12-6-1-2-7-13(12)17-14/h1-2,6-7,10-11H,3-5,8-9H2. The maximum Gasteiger partial charge on any atom is 0.0949 e. The van der Waals surface area contributed by atoms with Crippen LogP contribution in [0.3, 0.4) is 0 Å². The summed E-state index contributed by atoms with van der Waals surface area (Å²) in [5, 5.41) is 1.27. The summed E-state index contributed by atoms with van der Waals surface area (Å²) in [6, 6.07) is 8.41. The Hall–Kier alpha value is -0.410. The number of thiazole rings is 1. The van der Waals surface area contributed by atoms with Gasteiger partial charge in [-0.1, -0.05) is 47.3 Å². The number of para-hydroxylation sites is 1. The Morgan fingerprint density at radius 1 is 1.35 bits per heavy atom. The van der Waals surface area contributed by atoms with E-state index >= 15 is 0 Å². The molecule has 3 rings (SSSR count). The number of aromatic nitrogens is 1. The van der Waals surface area contributed by atoms with Gasteiger partial charge in [0.1, 0.15) is 0 Å². The van der Waals surface area contributed by atoms with Gasteiger partial charge in [0.25, 0.3) is 0 Å². The van der Waals surface area contributed by atoms with E-state index in [2.05, 4.69) is 40.2 Å². The Morgan fingerprint density at radius 3 is 2.88 bits per heavy atom. The minimum atomic E-state index is 0.605. The minimum Gasteiger partial charge on any atom is -0.241 e. The molecule has 1 aliphatic rings. The first-order chi connectivity index (χ1) is 8.31. The van der Waals surface area contributed by atoms with Gasteiger partial charge in [-0.25, -0.2) is 4.98 Å². The number of nitrogens with zero attached hydrogens (tertiary/aromatic N) is 1. The van der Waals surface area contributed by atoms with Crippen LogP contribution < -0.4 is 0 Å². The van der Waals surface area contributed by atoms with Gasteiger partial charge in [0, 0.05) is 11.2 Å². The molecule has 1 unspecified atom stereocenters. The predicted molar refractivity (Wildman–Crippen MR) is 78.0 cm³/mol. The topological polar surface area (TPSA) is 12.9 Å². The van der Waals surface area contributed by atoms with Crippen LogP contribution in [0.25, 0.3) is 10.2 Å². The third-order valence-corrected chi connectivity index (χ3v) is 5.30. The number of fused-ring (bicyclic) bond motifs is 1. The Bertz CT molecular complexity index is 471. The second kappa shape index (κ2) is 5.07. The zero-order valence-corrected chi connectivity index (χ0v) is 12.1. The number of benzene rings is 1. The summed E-state index contributed by atoms with van der Waals surface area (Å²) >= 11 is 5.65. The third-order valence-electron chi connectivity index (χ3n) is 3.55. The SMILES string of the molecule is BrC(Cc1nc2ccccc2s1)CC1CCC1. The second-order valence-electron chi connectivity index (χ2n) is 4.91. The molecule has 3 heteroatoms. The van der Waals surface area contributed by atoms with Crippen LogP contribution in [0.2, 0.25) is 0 Å². The molecule has 0 saturated heterocycles. The summed E-state index contributed by atoms with van der Waals surface area (Å²) in [5.41, 5.74) is 1.15. The van der Waals surface area contributed by atoms with Gasteiger partial charge in [-0.05, 0) is 24.5 Å². The smallest absolute Gasteiger partial charge is 0.0949 e. The maximum absolute atomic E-state index is 4.69. The molecule has 1 fully saturated rings. The lowest BCUT2D eigenvalue weighted by Gasteiger charge is -2.27. The molecule has 90 valence electrons. The lowest BCUT2D eigenvalue weighted by atomic mass is 9.82. The van der Waals surface area contributed by atoms with E-state index in [-0.39, 0.29) is 0 Å². The molecule has 0 amide bonds. The lowest BCUT2D eigenvalue weighted by molar-refractivity contribution is 0.294. The molecule has 1 saturated carbocycles. The summed E-state index contributed by atoms with van der Waals surface area (Å²) in [5.74, 6) is 0.966. The molecule has 0 radical (unpaired) electrons. The first kappa shape index (κ1) is 11.7. The number of hydrogen-bond acceptors (Lipinski definition) is 2. The zero-order valence-electron chi connectivity index (χ0n) is 9.73. The molecular formula is C14H16BrNS. The van der Waals surface area contributed by atoms with Gasteiger partial charge < -0.3 is 0 Å². The summed E-state index contributed by atoms with van der Waals surface area (Å²) < 4.78 is 1.31. The fourth-order valence-electron chi connectivity index (χ4n) is 2.37. The predicted octanol–water partition coefficient (Wildman–Crippen LogP) is 4.79. The maximum atomic E-state index is 4.69. The monoisotopic (exact) mass is 309 g/mol. The van der Waals surface area contributed by atoms with Gasteiger partial charge in [-0.15, -0.1) is 11.3 Å². The van der Waals surface area contributed by atoms with Crippen LogP contribution in [-0.4, -0.2) is 9.81 Å². The molecule has 1 atom stereocenters. The van der Waals surface area contributed by atoms with Crippen LogP contribution in [0.1, 0.15) is 30.7 Å². The third kappa shape index (κ3) is 2.71. The average molecular weight is 310 g/mol. The van der Waals surface area contributed by atoms with E-state index in [1.807, 2.05) is 11.3 Å². The largest absolute Gasteiger partial charge is 0.241 e. The Balaban J connectivity index is 1.66. The molecule has 1 nitrogen and oxygen atoms in total. The normalized spacial score (nSPS) is 18.2. The van der Waals surface area contributed by atoms with Crippen molar-refractivity contribution >= 4 is 37.5 Å². The van der Waals surface area contributed by atoms with Crippen molar-refractivity contribution in [3.8, 4) is 0 Å². The van der Waals surface area contributed by atoms with Crippen molar-refractivity contribution in [2.45, 2.75) is 36.9 Å². The van der Waals surface area contributed by atoms with E-state index in [0.717, 1.165) is 17.9 Å². The molecule has 17 heavy (non-hydrogen) atoms. The summed E-state index contributed by atoms with van der Waals surface area (Å²) in [4.78, 5) is 5.30. The van der Waals surface area contributed by atoms with Gasteiger partial charge >= 0.3 is 0 Å². The molecule has 1 heterocycles. The van der Waals surface area contributed by atoms with Crippen LogP contribution in [0.5, 0.6) is 0 Å². The van der Waals surface area contributed by atoms with Crippen molar-refractivity contribution < 1.29 is 0 Å². The van der Waals surface area contributed by atoms with Gasteiger partial charge in [0.2, 0.25) is 0 Å². The molecule has 1 aliphatic carbocycles. The minimum absolute atomic E-state index is 0.605. The summed E-state index contributed by atoms with van der Waals surface area (Å²) in [7, 11) is 0. The Morgan fingerprint density at radius 2 is 2.18 bits per heavy atom. The summed E-state index contributed by atoms with van der Waals surface area (Å²) in [6.07, 6.45) is 6.70. The highest BCUT2D eigenvalue weighted by atomic mass is 79.9. The first-order valence-corrected chi connectivity index (χ1v) is 8.03. The molecule has 0 aliphatic heterocycles. The van der Waals surface area contributed by atoms with Crippen LogP contribution in [-0.2, 0) is 6.42 Å². The number of halogens is 1. The van der Waals surface area contributed by atoms with Gasteiger partial charge in [0.15, 0.2) is 0 Å². The van der Waals surface area contributed by atoms with Crippen molar-refractivity contribution in [1.29, 1.82) is 0 Å². The van der Waals surface area contributed by atoms with Crippen molar-refractivity contribution in [3.05, 3.63) is 29.3 Å². The highest BCUT2D eigenvalue weighted by Gasteiger charge is 2.21. The molecule has 1 aromatic carbocycles. The van der Waals surface area contributed by atoms with E-state index < -0.39 is 0 Å². The average Bonchev–Trinajstić information content (AvgIpc) is 2.65. The van der Waals surface area contributed by atoms with Crippen molar-refractivity contribution in [1.82, 2.24) is 4.98 Å². The number of hydrogen-bond donors (Lipinski definition) is 0. The van der Waals surface area contributed by atoms with Crippen molar-refractivity contribution in [2.75, 3.05) is 0 Å². The van der Waals surface area contributed by atoms with E-state index in [1.165, 1.54) is 35.4 Å². The molecule has 0 bridgehead atoms. The Kier molecular flexibility index (Phi) is 3.48. The van der Waals surface area contributed by atoms with Crippen molar-refractivity contribution in [2.24, 2.45) is 5.92 Å². The lowest BCUT2D eigenvalue weighted by Crippen LogP contribution is -2.17. The highest BCUT2D eigenvalue weighted by molar-refractivity contribution is 9.09. The van der Waals surface area contributed by atoms with Gasteiger partial charge in [-0.2, -0.15) is 0 Å². The molecular weight excluding hydrogens is 294 g/mol. The van der Waals surface area contributed by atoms with E-state index in [1.54, 1.807) is 0 Å². The highest BCUT2D eigenvalue weighted by Crippen LogP contribution is 2.34. The number of alkyl halides is 1. The van der Waals surface area contributed by atoms with Gasteiger partial charge in [-0.3, -0.25) is 0 Å². The van der Waals surface area contributed by atoms with Crippen LogP contribution >= 0.6 is 27.3 Å². The van der Waals surface area contributed by atoms with E-state index in [4.69, 9.17) is 4.98 Å². The fourth-order valence-corrected chi connectivity index (χ4v) is 4.47. The fraction of sp³-hybridized carbons (Fsp3) is 0.500. The molecule has 0 N–H and O–H groups in total. The first-order valence-electron chi connectivity index (χ1n) is 6.30. The van der Waals surface area contributed by atoms with Crippen LogP contribution in [0, 0.1) is 5.92 Å². The molecule has 0 spiro atoms. The van der Waals surface area contributed by atoms with E-state index in [9.17, 15) is 0 Å². The second-order valence-corrected chi connectivity index (χ2v) is 7.32. The zero-order chi connectivity index (χ0) is 11.7. The molecule has 2 aromatic rings. The summed E-state index contributed by atoms with van der Waals surface area (Å²) in [6.45, 7) is 0. The van der Waals surface area contributed by atoms with Crippen LogP contribution in [0.15, 0.2) is 24.3 Å². The van der Waals surface area contributed by atoms with Crippen molar-refractivity contribution in [3.63, 3.8) is 0 Å². The van der Waals surface area contributed by atoms with Gasteiger partial charge in [0.05, 0.1) is 15.2 Å². The number of rotatable bonds is 4. The van der Waals surface area contributed by atoms with Crippen LogP contribution in [0.4, 0.5) is 0 Å². The Labute approximate surface area is 114 Å².